The molecule has 0 spiro atoms. The predicted molar refractivity (Wildman–Crippen MR) is 87.1 cm³/mol. The van der Waals surface area contributed by atoms with Gasteiger partial charge in [0.05, 0.1) is 0 Å². The largest absolute Gasteiger partial charge is 0.396 e. The van der Waals surface area contributed by atoms with Crippen molar-refractivity contribution in [2.24, 2.45) is 0 Å². The molecule has 0 aromatic heterocycles. The van der Waals surface area contributed by atoms with E-state index in [-0.39, 0.29) is 6.61 Å². The van der Waals surface area contributed by atoms with Crippen LogP contribution < -0.4 is 0 Å². The van der Waals surface area contributed by atoms with E-state index in [4.69, 9.17) is 0 Å². The van der Waals surface area contributed by atoms with Crippen LogP contribution in [0.4, 0.5) is 0 Å². The van der Waals surface area contributed by atoms with Gasteiger partial charge in [0, 0.05) is 12.6 Å². The third kappa shape index (κ3) is 4.92. The molecule has 1 aromatic rings. The number of rotatable bonds is 9. The maximum atomic E-state index is 9.27. The Hall–Kier alpha value is -0.860. The Morgan fingerprint density at radius 1 is 1.00 bits per heavy atom. The third-order valence-electron chi connectivity index (χ3n) is 4.07. The summed E-state index contributed by atoms with van der Waals surface area (Å²) >= 11 is 0. The lowest BCUT2D eigenvalue weighted by atomic mass is 9.88. The first-order chi connectivity index (χ1) is 9.63. The van der Waals surface area contributed by atoms with Crippen LogP contribution in [0.2, 0.25) is 0 Å². The highest BCUT2D eigenvalue weighted by Crippen LogP contribution is 2.30. The highest BCUT2D eigenvalue weighted by atomic mass is 16.3. The second-order valence-electron chi connectivity index (χ2n) is 5.94. The number of aliphatic hydroxyl groups is 1. The van der Waals surface area contributed by atoms with E-state index in [9.17, 15) is 5.11 Å². The third-order valence-corrected chi connectivity index (χ3v) is 4.07. The Morgan fingerprint density at radius 3 is 2.10 bits per heavy atom. The zero-order valence-electron chi connectivity index (χ0n) is 13.6. The summed E-state index contributed by atoms with van der Waals surface area (Å²) in [7, 11) is 4.17. The van der Waals surface area contributed by atoms with Gasteiger partial charge in [0.2, 0.25) is 0 Å². The van der Waals surface area contributed by atoms with E-state index < -0.39 is 0 Å². The van der Waals surface area contributed by atoms with E-state index in [2.05, 4.69) is 57.1 Å². The van der Waals surface area contributed by atoms with Crippen LogP contribution in [0.3, 0.4) is 0 Å². The fraction of sp³-hybridized carbons (Fsp3) is 0.667. The topological polar surface area (TPSA) is 23.5 Å². The molecule has 0 aliphatic rings. The lowest BCUT2D eigenvalue weighted by Gasteiger charge is -2.25. The normalized spacial score (nSPS) is 13.2. The molecule has 0 heterocycles. The molecule has 1 rings (SSSR count). The van der Waals surface area contributed by atoms with Crippen molar-refractivity contribution in [3.63, 3.8) is 0 Å². The van der Waals surface area contributed by atoms with Gasteiger partial charge in [-0.05, 0) is 50.4 Å². The number of aliphatic hydroxyl groups excluding tert-OH is 1. The molecule has 0 amide bonds. The molecule has 0 radical (unpaired) electrons. The van der Waals surface area contributed by atoms with Crippen LogP contribution in [0.1, 0.15) is 69.0 Å². The molecule has 114 valence electrons. The highest BCUT2D eigenvalue weighted by molar-refractivity contribution is 5.28. The van der Waals surface area contributed by atoms with Crippen LogP contribution >= 0.6 is 0 Å². The lowest BCUT2D eigenvalue weighted by molar-refractivity contribution is 0.210. The maximum Gasteiger partial charge on any atom is 0.0449 e. The molecule has 0 aliphatic heterocycles. The molecule has 2 nitrogen and oxygen atoms in total. The van der Waals surface area contributed by atoms with Gasteiger partial charge < -0.3 is 10.0 Å². The quantitative estimate of drug-likeness (QED) is 0.725. The van der Waals surface area contributed by atoms with Crippen molar-refractivity contribution in [3.05, 3.63) is 35.4 Å². The van der Waals surface area contributed by atoms with E-state index >= 15 is 0 Å². The lowest BCUT2D eigenvalue weighted by Crippen LogP contribution is -2.21. The van der Waals surface area contributed by atoms with Crippen molar-refractivity contribution in [2.75, 3.05) is 20.7 Å². The summed E-state index contributed by atoms with van der Waals surface area (Å²) in [6.07, 6.45) is 5.81. The Bertz CT molecular complexity index is 369. The summed E-state index contributed by atoms with van der Waals surface area (Å²) in [5.41, 5.74) is 2.80. The average molecular weight is 277 g/mol. The van der Waals surface area contributed by atoms with Gasteiger partial charge in [0.25, 0.3) is 0 Å². The van der Waals surface area contributed by atoms with Gasteiger partial charge in [-0.3, -0.25) is 0 Å². The number of hydrogen-bond donors (Lipinski definition) is 1. The van der Waals surface area contributed by atoms with Crippen molar-refractivity contribution < 1.29 is 5.11 Å². The molecule has 1 N–H and O–H groups in total. The minimum atomic E-state index is 0.237. The Morgan fingerprint density at radius 2 is 1.60 bits per heavy atom. The smallest absolute Gasteiger partial charge is 0.0449 e. The van der Waals surface area contributed by atoms with Crippen LogP contribution in [0, 0.1) is 0 Å². The number of benzene rings is 1. The van der Waals surface area contributed by atoms with Crippen molar-refractivity contribution in [1.29, 1.82) is 0 Å². The van der Waals surface area contributed by atoms with Crippen molar-refractivity contribution >= 4 is 0 Å². The second-order valence-corrected chi connectivity index (χ2v) is 5.94. The van der Waals surface area contributed by atoms with Crippen LogP contribution in [-0.4, -0.2) is 30.7 Å². The first kappa shape index (κ1) is 17.2. The maximum absolute atomic E-state index is 9.27. The van der Waals surface area contributed by atoms with Gasteiger partial charge in [0.15, 0.2) is 0 Å². The molecule has 0 saturated carbocycles. The fourth-order valence-electron chi connectivity index (χ4n) is 3.04. The summed E-state index contributed by atoms with van der Waals surface area (Å²) in [6.45, 7) is 4.77. The second kappa shape index (κ2) is 9.15. The highest BCUT2D eigenvalue weighted by Gasteiger charge is 2.16. The summed E-state index contributed by atoms with van der Waals surface area (Å²) in [4.78, 5) is 2.20. The molecule has 1 aromatic carbocycles. The Labute approximate surface area is 124 Å². The van der Waals surface area contributed by atoms with E-state index in [0.29, 0.717) is 12.0 Å². The first-order valence-electron chi connectivity index (χ1n) is 8.01. The monoisotopic (exact) mass is 277 g/mol. The molecule has 0 aliphatic carbocycles. The van der Waals surface area contributed by atoms with E-state index in [0.717, 1.165) is 6.42 Å². The standard InChI is InChI=1S/C18H31NO/c1-5-8-15(9-6-2)16-10-7-11-17(14-16)18(12-13-20)19(3)4/h7,10-11,14-15,18,20H,5-6,8-9,12-13H2,1-4H3. The molecule has 20 heavy (non-hydrogen) atoms. The van der Waals surface area contributed by atoms with Crippen molar-refractivity contribution in [3.8, 4) is 0 Å². The molecule has 0 fully saturated rings. The molecule has 1 unspecified atom stereocenters. The van der Waals surface area contributed by atoms with Crippen LogP contribution in [0.5, 0.6) is 0 Å². The molecular weight excluding hydrogens is 246 g/mol. The zero-order valence-corrected chi connectivity index (χ0v) is 13.6. The first-order valence-corrected chi connectivity index (χ1v) is 8.01. The van der Waals surface area contributed by atoms with Gasteiger partial charge in [-0.25, -0.2) is 0 Å². The summed E-state index contributed by atoms with van der Waals surface area (Å²) in [5.74, 6) is 0.682. The molecule has 0 bridgehead atoms. The predicted octanol–water partition coefficient (Wildman–Crippen LogP) is 4.36. The van der Waals surface area contributed by atoms with Crippen LogP contribution in [-0.2, 0) is 0 Å². The SMILES string of the molecule is CCCC(CCC)c1cccc(C(CCO)N(C)C)c1. The fourth-order valence-corrected chi connectivity index (χ4v) is 3.04. The van der Waals surface area contributed by atoms with Gasteiger partial charge in [-0.2, -0.15) is 0 Å². The van der Waals surface area contributed by atoms with Crippen molar-refractivity contribution in [1.82, 2.24) is 4.90 Å². The average Bonchev–Trinajstić information content (AvgIpc) is 2.44. The van der Waals surface area contributed by atoms with Gasteiger partial charge in [0.1, 0.15) is 0 Å². The number of hydrogen-bond acceptors (Lipinski definition) is 2. The summed E-state index contributed by atoms with van der Waals surface area (Å²) < 4.78 is 0. The molecule has 0 saturated heterocycles. The Kier molecular flexibility index (Phi) is 7.86. The zero-order chi connectivity index (χ0) is 15.0. The molecule has 2 heteroatoms. The minimum absolute atomic E-state index is 0.237. The Balaban J connectivity index is 2.97. The van der Waals surface area contributed by atoms with Gasteiger partial charge in [-0.15, -0.1) is 0 Å². The summed E-state index contributed by atoms with van der Waals surface area (Å²) in [6, 6.07) is 9.31. The van der Waals surface area contributed by atoms with E-state index in [1.807, 2.05) is 0 Å². The van der Waals surface area contributed by atoms with Gasteiger partial charge >= 0.3 is 0 Å². The van der Waals surface area contributed by atoms with E-state index in [1.165, 1.54) is 36.8 Å². The van der Waals surface area contributed by atoms with Crippen LogP contribution in [0.25, 0.3) is 0 Å². The molecule has 1 atom stereocenters. The molecular formula is C18H31NO. The van der Waals surface area contributed by atoms with Crippen LogP contribution in [0.15, 0.2) is 24.3 Å². The van der Waals surface area contributed by atoms with E-state index in [1.54, 1.807) is 0 Å². The number of nitrogens with zero attached hydrogens (tertiary/aromatic N) is 1. The van der Waals surface area contributed by atoms with Gasteiger partial charge in [-0.1, -0.05) is 51.0 Å². The van der Waals surface area contributed by atoms with Crippen molar-refractivity contribution in [2.45, 2.75) is 57.9 Å². The minimum Gasteiger partial charge on any atom is -0.396 e. The summed E-state index contributed by atoms with van der Waals surface area (Å²) in [5, 5.41) is 9.27.